The van der Waals surface area contributed by atoms with Crippen molar-refractivity contribution in [1.82, 2.24) is 20.4 Å². The maximum absolute atomic E-state index is 11.8. The molecule has 1 aromatic heterocycles. The fourth-order valence-corrected chi connectivity index (χ4v) is 1.93. The van der Waals surface area contributed by atoms with E-state index < -0.39 is 0 Å². The number of nitrogens with one attached hydrogen (secondary N) is 1. The minimum Gasteiger partial charge on any atom is -0.407 e. The van der Waals surface area contributed by atoms with E-state index in [1.165, 1.54) is 0 Å². The summed E-state index contributed by atoms with van der Waals surface area (Å²) in [7, 11) is 1.82. The summed E-state index contributed by atoms with van der Waals surface area (Å²) in [6.45, 7) is 8.57. The molecule has 20 heavy (non-hydrogen) atoms. The topological polar surface area (TPSA) is 74.5 Å². The molecule has 112 valence electrons. The van der Waals surface area contributed by atoms with Gasteiger partial charge in [-0.3, -0.25) is 4.79 Å². The van der Waals surface area contributed by atoms with E-state index in [0.29, 0.717) is 25.0 Å². The third kappa shape index (κ3) is 3.93. The molecule has 1 aliphatic heterocycles. The Morgan fingerprint density at radius 3 is 2.75 bits per heavy atom. The Morgan fingerprint density at radius 2 is 2.05 bits per heavy atom. The van der Waals surface area contributed by atoms with Crippen LogP contribution in [0.15, 0.2) is 4.42 Å². The molecule has 1 aliphatic rings. The molecule has 0 aliphatic carbocycles. The number of hydrogen-bond donors (Lipinski definition) is 1. The van der Waals surface area contributed by atoms with Gasteiger partial charge >= 0.3 is 6.01 Å². The zero-order chi connectivity index (χ0) is 14.8. The SMILES string of the molecule is CN1CCCN(c2nnc(CNC(C)(C)C)o2)CC1=O. The van der Waals surface area contributed by atoms with Crippen molar-refractivity contribution in [2.75, 3.05) is 31.6 Å². The molecular formula is C13H23N5O2. The van der Waals surface area contributed by atoms with Gasteiger partial charge < -0.3 is 19.5 Å². The lowest BCUT2D eigenvalue weighted by molar-refractivity contribution is -0.127. The Hall–Kier alpha value is -1.63. The maximum atomic E-state index is 11.8. The second-order valence-corrected chi connectivity index (χ2v) is 6.17. The number of hydrogen-bond acceptors (Lipinski definition) is 6. The second kappa shape index (κ2) is 5.78. The van der Waals surface area contributed by atoms with Crippen LogP contribution < -0.4 is 10.2 Å². The number of carbonyl (C=O) groups is 1. The minimum absolute atomic E-state index is 0.00405. The van der Waals surface area contributed by atoms with Crippen molar-refractivity contribution < 1.29 is 9.21 Å². The molecule has 0 spiro atoms. The molecule has 7 heteroatoms. The number of rotatable bonds is 3. The van der Waals surface area contributed by atoms with Crippen molar-refractivity contribution in [3.8, 4) is 0 Å². The first-order chi connectivity index (χ1) is 9.35. The predicted octanol–water partition coefficient (Wildman–Crippen LogP) is 0.626. The summed E-state index contributed by atoms with van der Waals surface area (Å²) < 4.78 is 5.63. The van der Waals surface area contributed by atoms with E-state index in [1.54, 1.807) is 4.90 Å². The maximum Gasteiger partial charge on any atom is 0.318 e. The first-order valence-electron chi connectivity index (χ1n) is 6.91. The Labute approximate surface area is 119 Å². The lowest BCUT2D eigenvalue weighted by Gasteiger charge is -2.19. The molecule has 2 rings (SSSR count). The lowest BCUT2D eigenvalue weighted by atomic mass is 10.1. The van der Waals surface area contributed by atoms with Gasteiger partial charge in [-0.15, -0.1) is 5.10 Å². The zero-order valence-corrected chi connectivity index (χ0v) is 12.6. The van der Waals surface area contributed by atoms with Crippen LogP contribution in [0.25, 0.3) is 0 Å². The average Bonchev–Trinajstić information content (AvgIpc) is 2.76. The monoisotopic (exact) mass is 281 g/mol. The van der Waals surface area contributed by atoms with Crippen LogP contribution in [-0.4, -0.2) is 53.2 Å². The zero-order valence-electron chi connectivity index (χ0n) is 12.6. The summed E-state index contributed by atoms with van der Waals surface area (Å²) in [6, 6.07) is 0.430. The van der Waals surface area contributed by atoms with Gasteiger partial charge in [0.2, 0.25) is 11.8 Å². The largest absolute Gasteiger partial charge is 0.407 e. The molecule has 0 radical (unpaired) electrons. The van der Waals surface area contributed by atoms with Crippen molar-refractivity contribution in [1.29, 1.82) is 0 Å². The number of aromatic nitrogens is 2. The van der Waals surface area contributed by atoms with Gasteiger partial charge in [-0.2, -0.15) is 0 Å². The number of likely N-dealkylation sites (N-methyl/N-ethyl adjacent to an activating group) is 1. The number of nitrogens with zero attached hydrogens (tertiary/aromatic N) is 4. The third-order valence-electron chi connectivity index (χ3n) is 3.17. The Kier molecular flexibility index (Phi) is 4.27. The molecule has 0 saturated carbocycles. The fraction of sp³-hybridized carbons (Fsp3) is 0.769. The van der Waals surface area contributed by atoms with Crippen molar-refractivity contribution in [2.24, 2.45) is 0 Å². The average molecular weight is 281 g/mol. The first-order valence-corrected chi connectivity index (χ1v) is 6.91. The fourth-order valence-electron chi connectivity index (χ4n) is 1.93. The Balaban J connectivity index is 1.99. The molecule has 1 aromatic rings. The molecule has 0 atom stereocenters. The number of amides is 1. The first kappa shape index (κ1) is 14.8. The lowest BCUT2D eigenvalue weighted by Crippen LogP contribution is -2.35. The van der Waals surface area contributed by atoms with Crippen LogP contribution in [0.5, 0.6) is 0 Å². The molecular weight excluding hydrogens is 258 g/mol. The van der Waals surface area contributed by atoms with Crippen LogP contribution in [0.1, 0.15) is 33.1 Å². The highest BCUT2D eigenvalue weighted by Gasteiger charge is 2.23. The number of anilines is 1. The second-order valence-electron chi connectivity index (χ2n) is 6.17. The summed E-state index contributed by atoms with van der Waals surface area (Å²) in [5.41, 5.74) is -0.00405. The van der Waals surface area contributed by atoms with Gasteiger partial charge in [0.25, 0.3) is 0 Å². The summed E-state index contributed by atoms with van der Waals surface area (Å²) >= 11 is 0. The molecule has 0 bridgehead atoms. The van der Waals surface area contributed by atoms with Crippen molar-refractivity contribution in [3.63, 3.8) is 0 Å². The van der Waals surface area contributed by atoms with E-state index in [1.807, 2.05) is 11.9 Å². The van der Waals surface area contributed by atoms with Gasteiger partial charge in [0.1, 0.15) is 6.54 Å². The summed E-state index contributed by atoms with van der Waals surface area (Å²) in [4.78, 5) is 15.4. The van der Waals surface area contributed by atoms with Gasteiger partial charge in [0, 0.05) is 25.7 Å². The van der Waals surface area contributed by atoms with Crippen molar-refractivity contribution in [2.45, 2.75) is 39.3 Å². The van der Waals surface area contributed by atoms with Crippen LogP contribution in [0, 0.1) is 0 Å². The van der Waals surface area contributed by atoms with Crippen LogP contribution in [0.4, 0.5) is 6.01 Å². The van der Waals surface area contributed by atoms with Gasteiger partial charge in [-0.25, -0.2) is 0 Å². The predicted molar refractivity (Wildman–Crippen MR) is 75.4 cm³/mol. The van der Waals surface area contributed by atoms with E-state index in [2.05, 4.69) is 36.3 Å². The normalized spacial score (nSPS) is 17.5. The quantitative estimate of drug-likeness (QED) is 0.876. The van der Waals surface area contributed by atoms with E-state index >= 15 is 0 Å². The van der Waals surface area contributed by atoms with Gasteiger partial charge in [-0.1, -0.05) is 5.10 Å². The molecule has 0 aromatic carbocycles. The van der Waals surface area contributed by atoms with Crippen molar-refractivity contribution in [3.05, 3.63) is 5.89 Å². The highest BCUT2D eigenvalue weighted by Crippen LogP contribution is 2.15. The van der Waals surface area contributed by atoms with E-state index in [-0.39, 0.29) is 11.4 Å². The van der Waals surface area contributed by atoms with Crippen LogP contribution in [-0.2, 0) is 11.3 Å². The van der Waals surface area contributed by atoms with E-state index in [4.69, 9.17) is 4.42 Å². The Morgan fingerprint density at radius 1 is 1.30 bits per heavy atom. The van der Waals surface area contributed by atoms with Crippen molar-refractivity contribution >= 4 is 11.9 Å². The van der Waals surface area contributed by atoms with Crippen LogP contribution in [0.3, 0.4) is 0 Å². The molecule has 1 saturated heterocycles. The molecule has 0 unspecified atom stereocenters. The third-order valence-corrected chi connectivity index (χ3v) is 3.17. The summed E-state index contributed by atoms with van der Waals surface area (Å²) in [6.07, 6.45) is 0.903. The Bertz CT molecular complexity index is 466. The van der Waals surface area contributed by atoms with Crippen LogP contribution >= 0.6 is 0 Å². The van der Waals surface area contributed by atoms with E-state index in [0.717, 1.165) is 19.5 Å². The standard InChI is InChI=1S/C13H23N5O2/c1-13(2,3)14-8-10-15-16-12(20-10)18-7-5-6-17(4)11(19)9-18/h14H,5-9H2,1-4H3. The summed E-state index contributed by atoms with van der Waals surface area (Å²) in [5, 5.41) is 11.4. The summed E-state index contributed by atoms with van der Waals surface area (Å²) in [5.74, 6) is 0.620. The van der Waals surface area contributed by atoms with Gasteiger partial charge in [0.05, 0.1) is 6.54 Å². The highest BCUT2D eigenvalue weighted by atomic mass is 16.4. The smallest absolute Gasteiger partial charge is 0.318 e. The highest BCUT2D eigenvalue weighted by molar-refractivity contribution is 5.80. The minimum atomic E-state index is -0.00405. The van der Waals surface area contributed by atoms with Crippen LogP contribution in [0.2, 0.25) is 0 Å². The van der Waals surface area contributed by atoms with Gasteiger partial charge in [-0.05, 0) is 27.2 Å². The van der Waals surface area contributed by atoms with Gasteiger partial charge in [0.15, 0.2) is 0 Å². The molecule has 1 fully saturated rings. The van der Waals surface area contributed by atoms with E-state index in [9.17, 15) is 4.79 Å². The molecule has 2 heterocycles. The number of carbonyl (C=O) groups excluding carboxylic acids is 1. The molecule has 1 N–H and O–H groups in total. The molecule has 7 nitrogen and oxygen atoms in total. The molecule has 1 amide bonds.